The summed E-state index contributed by atoms with van der Waals surface area (Å²) in [5, 5.41) is 8.24. The van der Waals surface area contributed by atoms with Crippen LogP contribution in [-0.2, 0) is 12.8 Å². The first kappa shape index (κ1) is 11.1. The molecule has 0 bridgehead atoms. The van der Waals surface area contributed by atoms with Crippen LogP contribution >= 0.6 is 11.6 Å². The van der Waals surface area contributed by atoms with Gasteiger partial charge in [-0.2, -0.15) is 13.2 Å². The van der Waals surface area contributed by atoms with E-state index in [0.717, 1.165) is 6.07 Å². The largest absolute Gasteiger partial charge is 0.419 e. The summed E-state index contributed by atoms with van der Waals surface area (Å²) in [7, 11) is 0. The molecule has 14 heavy (non-hydrogen) atoms. The lowest BCUT2D eigenvalue weighted by Gasteiger charge is -2.14. The lowest BCUT2D eigenvalue weighted by Crippen LogP contribution is -2.11. The van der Waals surface area contributed by atoms with Crippen molar-refractivity contribution < 1.29 is 18.3 Å². The molecule has 3 N–H and O–H groups in total. The number of nitrogen functional groups attached to an aromatic ring is 1. The summed E-state index contributed by atoms with van der Waals surface area (Å²) in [4.78, 5) is 0. The highest BCUT2D eigenvalue weighted by Crippen LogP contribution is 2.39. The van der Waals surface area contributed by atoms with Gasteiger partial charge in [0, 0.05) is 5.56 Å². The fourth-order valence-electron chi connectivity index (χ4n) is 1.06. The van der Waals surface area contributed by atoms with E-state index in [1.54, 1.807) is 0 Å². The minimum atomic E-state index is -4.60. The molecule has 1 rings (SSSR count). The zero-order valence-electron chi connectivity index (χ0n) is 6.90. The highest BCUT2D eigenvalue weighted by atomic mass is 35.5. The fraction of sp³-hybridized carbons (Fsp3) is 0.250. The first-order chi connectivity index (χ1) is 6.38. The summed E-state index contributed by atoms with van der Waals surface area (Å²) < 4.78 is 37.1. The fourth-order valence-corrected chi connectivity index (χ4v) is 1.33. The predicted molar refractivity (Wildman–Crippen MR) is 46.8 cm³/mol. The SMILES string of the molecule is Nc1c(CO)ccc(Cl)c1C(F)(F)F. The molecule has 0 saturated carbocycles. The van der Waals surface area contributed by atoms with Crippen molar-refractivity contribution in [3.8, 4) is 0 Å². The normalized spacial score (nSPS) is 11.8. The predicted octanol–water partition coefficient (Wildman–Crippen LogP) is 2.43. The Labute approximate surface area is 83.1 Å². The summed E-state index contributed by atoms with van der Waals surface area (Å²) in [6, 6.07) is 2.32. The first-order valence-electron chi connectivity index (χ1n) is 3.63. The average Bonchev–Trinajstić information content (AvgIpc) is 2.02. The lowest BCUT2D eigenvalue weighted by molar-refractivity contribution is -0.136. The van der Waals surface area contributed by atoms with Gasteiger partial charge in [0.25, 0.3) is 0 Å². The number of aliphatic hydroxyl groups excluding tert-OH is 1. The van der Waals surface area contributed by atoms with Crippen LogP contribution in [0.4, 0.5) is 18.9 Å². The van der Waals surface area contributed by atoms with E-state index in [1.807, 2.05) is 0 Å². The number of rotatable bonds is 1. The second-order valence-corrected chi connectivity index (χ2v) is 3.06. The third-order valence-corrected chi connectivity index (χ3v) is 2.05. The third kappa shape index (κ3) is 1.93. The summed E-state index contributed by atoms with van der Waals surface area (Å²) in [5.74, 6) is 0. The summed E-state index contributed by atoms with van der Waals surface area (Å²) in [5.41, 5.74) is 3.62. The monoisotopic (exact) mass is 225 g/mol. The van der Waals surface area contributed by atoms with Crippen molar-refractivity contribution in [3.05, 3.63) is 28.3 Å². The molecule has 0 radical (unpaired) electrons. The Balaban J connectivity index is 3.40. The van der Waals surface area contributed by atoms with Crippen molar-refractivity contribution in [3.63, 3.8) is 0 Å². The number of anilines is 1. The van der Waals surface area contributed by atoms with Crippen molar-refractivity contribution in [1.82, 2.24) is 0 Å². The lowest BCUT2D eigenvalue weighted by atomic mass is 10.1. The molecule has 0 aliphatic carbocycles. The Kier molecular flexibility index (Phi) is 2.92. The molecule has 0 amide bonds. The first-order valence-corrected chi connectivity index (χ1v) is 4.00. The summed E-state index contributed by atoms with van der Waals surface area (Å²) >= 11 is 5.36. The Morgan fingerprint density at radius 2 is 1.93 bits per heavy atom. The highest BCUT2D eigenvalue weighted by molar-refractivity contribution is 6.31. The van der Waals surface area contributed by atoms with E-state index in [2.05, 4.69) is 0 Å². The molecule has 0 aliphatic heterocycles. The third-order valence-electron chi connectivity index (χ3n) is 1.74. The van der Waals surface area contributed by atoms with Crippen molar-refractivity contribution in [2.24, 2.45) is 0 Å². The van der Waals surface area contributed by atoms with Gasteiger partial charge in [0.1, 0.15) is 0 Å². The van der Waals surface area contributed by atoms with Crippen molar-refractivity contribution in [2.45, 2.75) is 12.8 Å². The van der Waals surface area contributed by atoms with E-state index < -0.39 is 29.1 Å². The smallest absolute Gasteiger partial charge is 0.398 e. The minimum Gasteiger partial charge on any atom is -0.398 e. The Bertz CT molecular complexity index is 351. The quantitative estimate of drug-likeness (QED) is 0.721. The maximum Gasteiger partial charge on any atom is 0.419 e. The van der Waals surface area contributed by atoms with E-state index in [0.29, 0.717) is 0 Å². The van der Waals surface area contributed by atoms with Gasteiger partial charge in [0.15, 0.2) is 0 Å². The van der Waals surface area contributed by atoms with Crippen LogP contribution < -0.4 is 5.73 Å². The van der Waals surface area contributed by atoms with Crippen LogP contribution in [0.3, 0.4) is 0 Å². The van der Waals surface area contributed by atoms with Crippen molar-refractivity contribution in [1.29, 1.82) is 0 Å². The van der Waals surface area contributed by atoms with Gasteiger partial charge in [-0.15, -0.1) is 0 Å². The van der Waals surface area contributed by atoms with Gasteiger partial charge < -0.3 is 10.8 Å². The molecule has 1 aromatic rings. The number of alkyl halides is 3. The molecule has 0 unspecified atom stereocenters. The number of halogens is 4. The van der Waals surface area contributed by atoms with Crippen LogP contribution in [-0.4, -0.2) is 5.11 Å². The molecule has 0 saturated heterocycles. The number of aliphatic hydroxyl groups is 1. The second kappa shape index (κ2) is 3.67. The number of hydrogen-bond donors (Lipinski definition) is 2. The zero-order valence-corrected chi connectivity index (χ0v) is 7.65. The van der Waals surface area contributed by atoms with Crippen molar-refractivity contribution >= 4 is 17.3 Å². The second-order valence-electron chi connectivity index (χ2n) is 2.65. The molecule has 0 spiro atoms. The molecule has 0 heterocycles. The topological polar surface area (TPSA) is 46.2 Å². The molecule has 1 aromatic carbocycles. The summed E-state index contributed by atoms with van der Waals surface area (Å²) in [6.07, 6.45) is -4.60. The van der Waals surface area contributed by atoms with Gasteiger partial charge in [-0.3, -0.25) is 0 Å². The van der Waals surface area contributed by atoms with Crippen LogP contribution in [0.1, 0.15) is 11.1 Å². The average molecular weight is 226 g/mol. The molecular weight excluding hydrogens is 219 g/mol. The molecular formula is C8H7ClF3NO. The van der Waals surface area contributed by atoms with Gasteiger partial charge in [0.2, 0.25) is 0 Å². The molecule has 0 atom stereocenters. The van der Waals surface area contributed by atoms with Crippen LogP contribution in [0.15, 0.2) is 12.1 Å². The summed E-state index contributed by atoms with van der Waals surface area (Å²) in [6.45, 7) is -0.550. The maximum atomic E-state index is 12.4. The minimum absolute atomic E-state index is 0.0155. The van der Waals surface area contributed by atoms with E-state index in [-0.39, 0.29) is 5.56 Å². The van der Waals surface area contributed by atoms with Crippen LogP contribution in [0.2, 0.25) is 5.02 Å². The van der Waals surface area contributed by atoms with E-state index in [9.17, 15) is 13.2 Å². The van der Waals surface area contributed by atoms with Gasteiger partial charge in [-0.05, 0) is 6.07 Å². The van der Waals surface area contributed by atoms with Gasteiger partial charge in [0.05, 0.1) is 22.9 Å². The van der Waals surface area contributed by atoms with Crippen LogP contribution in [0.25, 0.3) is 0 Å². The maximum absolute atomic E-state index is 12.4. The standard InChI is InChI=1S/C8H7ClF3NO/c9-5-2-1-4(3-14)7(13)6(5)8(10,11)12/h1-2,14H,3,13H2. The molecule has 78 valence electrons. The van der Waals surface area contributed by atoms with E-state index >= 15 is 0 Å². The van der Waals surface area contributed by atoms with E-state index in [4.69, 9.17) is 22.4 Å². The van der Waals surface area contributed by atoms with Crippen LogP contribution in [0, 0.1) is 0 Å². The molecule has 0 fully saturated rings. The highest BCUT2D eigenvalue weighted by Gasteiger charge is 2.36. The van der Waals surface area contributed by atoms with Gasteiger partial charge in [-0.25, -0.2) is 0 Å². The Morgan fingerprint density at radius 1 is 1.36 bits per heavy atom. The van der Waals surface area contributed by atoms with Crippen LogP contribution in [0.5, 0.6) is 0 Å². The number of nitrogens with two attached hydrogens (primary N) is 1. The molecule has 0 aliphatic rings. The molecule has 6 heteroatoms. The number of hydrogen-bond acceptors (Lipinski definition) is 2. The molecule has 0 aromatic heterocycles. The van der Waals surface area contributed by atoms with Crippen molar-refractivity contribution in [2.75, 3.05) is 5.73 Å². The Morgan fingerprint density at radius 3 is 2.36 bits per heavy atom. The van der Waals surface area contributed by atoms with E-state index in [1.165, 1.54) is 6.07 Å². The molecule has 2 nitrogen and oxygen atoms in total. The Hall–Kier alpha value is -0.940. The zero-order chi connectivity index (χ0) is 10.9. The van der Waals surface area contributed by atoms with Gasteiger partial charge in [-0.1, -0.05) is 17.7 Å². The number of benzene rings is 1. The van der Waals surface area contributed by atoms with Gasteiger partial charge >= 0.3 is 6.18 Å².